The number of nitrogens with one attached hydrogen (secondary N) is 1. The van der Waals surface area contributed by atoms with Gasteiger partial charge in [-0.05, 0) is 32.1 Å². The van der Waals surface area contributed by atoms with Crippen LogP contribution in [-0.4, -0.2) is 48.1 Å². The molecule has 1 fully saturated rings. The van der Waals surface area contributed by atoms with E-state index >= 15 is 0 Å². The Morgan fingerprint density at radius 1 is 1.24 bits per heavy atom. The van der Waals surface area contributed by atoms with Crippen LogP contribution in [0.15, 0.2) is 0 Å². The standard InChI is InChI=1S/C16H30N2O3/c1-6-16(7-2)15(20)18(13(5)14(19)17-16)9-11-21-10-8-12(3)4/h12-13H,6-11H2,1-5H3,(H,17,19). The van der Waals surface area contributed by atoms with Gasteiger partial charge in [0.2, 0.25) is 11.8 Å². The molecule has 2 amide bonds. The minimum atomic E-state index is -0.735. The second-order valence-corrected chi connectivity index (χ2v) is 6.25. The van der Waals surface area contributed by atoms with E-state index in [1.165, 1.54) is 0 Å². The van der Waals surface area contributed by atoms with Gasteiger partial charge in [0.05, 0.1) is 6.61 Å². The van der Waals surface area contributed by atoms with Gasteiger partial charge in [-0.15, -0.1) is 0 Å². The molecule has 1 rings (SSSR count). The fraction of sp³-hybridized carbons (Fsp3) is 0.875. The third-order valence-electron chi connectivity index (χ3n) is 4.40. The highest BCUT2D eigenvalue weighted by Crippen LogP contribution is 2.24. The van der Waals surface area contributed by atoms with Crippen LogP contribution in [0.3, 0.4) is 0 Å². The number of piperazine rings is 1. The summed E-state index contributed by atoms with van der Waals surface area (Å²) in [5, 5.41) is 2.90. The first-order chi connectivity index (χ1) is 9.88. The zero-order valence-corrected chi connectivity index (χ0v) is 14.1. The van der Waals surface area contributed by atoms with Gasteiger partial charge < -0.3 is 15.0 Å². The number of hydrogen-bond donors (Lipinski definition) is 1. The summed E-state index contributed by atoms with van der Waals surface area (Å²) in [5.41, 5.74) is -0.735. The van der Waals surface area contributed by atoms with Crippen molar-refractivity contribution in [2.75, 3.05) is 19.8 Å². The molecule has 0 saturated carbocycles. The van der Waals surface area contributed by atoms with Crippen molar-refractivity contribution in [3.63, 3.8) is 0 Å². The number of carbonyl (C=O) groups excluding carboxylic acids is 2. The normalized spacial score (nSPS) is 21.8. The van der Waals surface area contributed by atoms with E-state index in [1.807, 2.05) is 13.8 Å². The van der Waals surface area contributed by atoms with Crippen LogP contribution in [-0.2, 0) is 14.3 Å². The largest absolute Gasteiger partial charge is 0.380 e. The van der Waals surface area contributed by atoms with Crippen LogP contribution in [0.5, 0.6) is 0 Å². The highest BCUT2D eigenvalue weighted by atomic mass is 16.5. The van der Waals surface area contributed by atoms with E-state index in [-0.39, 0.29) is 11.8 Å². The van der Waals surface area contributed by atoms with Gasteiger partial charge in [-0.3, -0.25) is 9.59 Å². The monoisotopic (exact) mass is 298 g/mol. The topological polar surface area (TPSA) is 58.6 Å². The molecule has 0 aliphatic carbocycles. The Balaban J connectivity index is 2.61. The molecule has 1 saturated heterocycles. The van der Waals surface area contributed by atoms with Crippen molar-refractivity contribution in [1.82, 2.24) is 10.2 Å². The maximum atomic E-state index is 12.7. The van der Waals surface area contributed by atoms with Crippen LogP contribution in [0.2, 0.25) is 0 Å². The molecule has 1 unspecified atom stereocenters. The highest BCUT2D eigenvalue weighted by molar-refractivity contribution is 5.99. The fourth-order valence-corrected chi connectivity index (χ4v) is 2.59. The summed E-state index contributed by atoms with van der Waals surface area (Å²) in [7, 11) is 0. The highest BCUT2D eigenvalue weighted by Gasteiger charge is 2.47. The van der Waals surface area contributed by atoms with E-state index in [2.05, 4.69) is 19.2 Å². The Labute approximate surface area is 128 Å². The van der Waals surface area contributed by atoms with Gasteiger partial charge in [-0.2, -0.15) is 0 Å². The third-order valence-corrected chi connectivity index (χ3v) is 4.40. The van der Waals surface area contributed by atoms with E-state index in [1.54, 1.807) is 11.8 Å². The van der Waals surface area contributed by atoms with Crippen molar-refractivity contribution in [3.05, 3.63) is 0 Å². The summed E-state index contributed by atoms with van der Waals surface area (Å²) in [5.74, 6) is 0.562. The lowest BCUT2D eigenvalue weighted by Gasteiger charge is -2.44. The Morgan fingerprint density at radius 3 is 2.38 bits per heavy atom. The molecule has 0 aromatic carbocycles. The Bertz CT molecular complexity index is 365. The summed E-state index contributed by atoms with van der Waals surface area (Å²) < 4.78 is 5.59. The first kappa shape index (κ1) is 18.0. The number of rotatable bonds is 8. The van der Waals surface area contributed by atoms with Crippen molar-refractivity contribution in [2.24, 2.45) is 5.92 Å². The molecule has 5 heteroatoms. The minimum Gasteiger partial charge on any atom is -0.380 e. The summed E-state index contributed by atoms with van der Waals surface area (Å²) in [6.07, 6.45) is 2.24. The minimum absolute atomic E-state index is 0.0204. The molecule has 0 bridgehead atoms. The lowest BCUT2D eigenvalue weighted by Crippen LogP contribution is -2.69. The van der Waals surface area contributed by atoms with Gasteiger partial charge in [0.1, 0.15) is 11.6 Å². The van der Waals surface area contributed by atoms with Crippen LogP contribution in [0, 0.1) is 5.92 Å². The molecular formula is C16H30N2O3. The van der Waals surface area contributed by atoms with Crippen molar-refractivity contribution in [1.29, 1.82) is 0 Å². The van der Waals surface area contributed by atoms with E-state index in [9.17, 15) is 9.59 Å². The average molecular weight is 298 g/mol. The number of carbonyl (C=O) groups is 2. The number of amides is 2. The SMILES string of the molecule is CCC1(CC)NC(=O)C(C)N(CCOCCC(C)C)C1=O. The molecule has 1 N–H and O–H groups in total. The zero-order valence-electron chi connectivity index (χ0n) is 14.1. The summed E-state index contributed by atoms with van der Waals surface area (Å²) in [6, 6.07) is -0.419. The van der Waals surface area contributed by atoms with E-state index in [0.29, 0.717) is 38.5 Å². The molecule has 1 aliphatic heterocycles. The summed E-state index contributed by atoms with van der Waals surface area (Å²) >= 11 is 0. The third kappa shape index (κ3) is 4.19. The lowest BCUT2D eigenvalue weighted by atomic mass is 9.87. The van der Waals surface area contributed by atoms with Crippen molar-refractivity contribution < 1.29 is 14.3 Å². The molecule has 0 aromatic heterocycles. The van der Waals surface area contributed by atoms with Crippen LogP contribution in [0.1, 0.15) is 53.9 Å². The van der Waals surface area contributed by atoms with Gasteiger partial charge in [0.15, 0.2) is 0 Å². The maximum absolute atomic E-state index is 12.7. The smallest absolute Gasteiger partial charge is 0.249 e. The predicted octanol–water partition coefficient (Wildman–Crippen LogP) is 1.95. The Morgan fingerprint density at radius 2 is 1.86 bits per heavy atom. The first-order valence-corrected chi connectivity index (χ1v) is 8.08. The van der Waals surface area contributed by atoms with Crippen LogP contribution < -0.4 is 5.32 Å². The number of nitrogens with zero attached hydrogens (tertiary/aromatic N) is 1. The second-order valence-electron chi connectivity index (χ2n) is 6.25. The van der Waals surface area contributed by atoms with Crippen LogP contribution >= 0.6 is 0 Å². The second kappa shape index (κ2) is 7.78. The maximum Gasteiger partial charge on any atom is 0.249 e. The zero-order chi connectivity index (χ0) is 16.0. The van der Waals surface area contributed by atoms with Gasteiger partial charge in [-0.25, -0.2) is 0 Å². The van der Waals surface area contributed by atoms with Crippen molar-refractivity contribution in [2.45, 2.75) is 65.5 Å². The van der Waals surface area contributed by atoms with E-state index in [4.69, 9.17) is 4.74 Å². The molecule has 5 nitrogen and oxygen atoms in total. The van der Waals surface area contributed by atoms with Gasteiger partial charge >= 0.3 is 0 Å². The summed E-state index contributed by atoms with van der Waals surface area (Å²) in [4.78, 5) is 26.5. The average Bonchev–Trinajstić information content (AvgIpc) is 2.45. The molecule has 0 spiro atoms. The molecule has 1 atom stereocenters. The lowest BCUT2D eigenvalue weighted by molar-refractivity contribution is -0.155. The fourth-order valence-electron chi connectivity index (χ4n) is 2.59. The molecule has 21 heavy (non-hydrogen) atoms. The van der Waals surface area contributed by atoms with Crippen molar-refractivity contribution >= 4 is 11.8 Å². The predicted molar refractivity (Wildman–Crippen MR) is 82.9 cm³/mol. The van der Waals surface area contributed by atoms with E-state index in [0.717, 1.165) is 6.42 Å². The van der Waals surface area contributed by atoms with Gasteiger partial charge in [0, 0.05) is 13.2 Å². The molecule has 1 aliphatic rings. The first-order valence-electron chi connectivity index (χ1n) is 8.08. The molecular weight excluding hydrogens is 268 g/mol. The Kier molecular flexibility index (Phi) is 6.65. The molecule has 122 valence electrons. The molecule has 0 aromatic rings. The quantitative estimate of drug-likeness (QED) is 0.697. The molecule has 0 radical (unpaired) electrons. The van der Waals surface area contributed by atoms with Crippen LogP contribution in [0.25, 0.3) is 0 Å². The van der Waals surface area contributed by atoms with E-state index < -0.39 is 11.6 Å². The van der Waals surface area contributed by atoms with Gasteiger partial charge in [-0.1, -0.05) is 27.7 Å². The van der Waals surface area contributed by atoms with Crippen LogP contribution in [0.4, 0.5) is 0 Å². The van der Waals surface area contributed by atoms with Gasteiger partial charge in [0.25, 0.3) is 0 Å². The Hall–Kier alpha value is -1.10. The number of hydrogen-bond acceptors (Lipinski definition) is 3. The van der Waals surface area contributed by atoms with Crippen molar-refractivity contribution in [3.8, 4) is 0 Å². The molecule has 1 heterocycles. The number of ether oxygens (including phenoxy) is 1. The summed E-state index contributed by atoms with van der Waals surface area (Å²) in [6.45, 7) is 11.6.